The summed E-state index contributed by atoms with van der Waals surface area (Å²) in [6, 6.07) is -0.129. The summed E-state index contributed by atoms with van der Waals surface area (Å²) in [6.07, 6.45) is 3.11. The molecule has 0 aromatic carbocycles. The first-order valence-corrected chi connectivity index (χ1v) is 6.69. The number of nitrogens with one attached hydrogen (secondary N) is 2. The molecule has 0 aliphatic heterocycles. The van der Waals surface area contributed by atoms with Gasteiger partial charge in [0.1, 0.15) is 0 Å². The second-order valence-electron chi connectivity index (χ2n) is 5.52. The number of urea groups is 1. The number of aliphatic carboxylic acids is 1. The van der Waals surface area contributed by atoms with Crippen LogP contribution < -0.4 is 10.6 Å². The summed E-state index contributed by atoms with van der Waals surface area (Å²) in [6.45, 7) is 6.36. The van der Waals surface area contributed by atoms with E-state index in [-0.39, 0.29) is 18.6 Å². The molecule has 0 aromatic rings. The van der Waals surface area contributed by atoms with E-state index in [1.165, 1.54) is 0 Å². The standard InChI is InChI=1S/C13H24N2O3/c1-4-10(9(2)3)15-12(18)14-8-13(11(16)17)6-5-7-13/h9-10H,4-8H2,1-3H3,(H,16,17)(H2,14,15,18). The average molecular weight is 256 g/mol. The van der Waals surface area contributed by atoms with Crippen LogP contribution in [0.15, 0.2) is 0 Å². The van der Waals surface area contributed by atoms with Gasteiger partial charge in [0.25, 0.3) is 0 Å². The lowest BCUT2D eigenvalue weighted by Gasteiger charge is -2.37. The Morgan fingerprint density at radius 2 is 1.94 bits per heavy atom. The summed E-state index contributed by atoms with van der Waals surface area (Å²) < 4.78 is 0. The molecule has 0 bridgehead atoms. The van der Waals surface area contributed by atoms with Gasteiger partial charge in [-0.05, 0) is 25.2 Å². The number of hydrogen-bond donors (Lipinski definition) is 3. The van der Waals surface area contributed by atoms with Crippen LogP contribution in [0.2, 0.25) is 0 Å². The van der Waals surface area contributed by atoms with E-state index in [1.807, 2.05) is 6.92 Å². The van der Waals surface area contributed by atoms with Crippen molar-refractivity contribution in [2.24, 2.45) is 11.3 Å². The zero-order valence-electron chi connectivity index (χ0n) is 11.5. The van der Waals surface area contributed by atoms with E-state index in [2.05, 4.69) is 24.5 Å². The molecule has 0 heterocycles. The molecule has 1 saturated carbocycles. The van der Waals surface area contributed by atoms with E-state index in [4.69, 9.17) is 5.11 Å². The number of carbonyl (C=O) groups is 2. The van der Waals surface area contributed by atoms with Gasteiger partial charge in [-0.15, -0.1) is 0 Å². The zero-order chi connectivity index (χ0) is 13.8. The molecule has 1 aliphatic carbocycles. The van der Waals surface area contributed by atoms with Crippen LogP contribution >= 0.6 is 0 Å². The van der Waals surface area contributed by atoms with Crippen LogP contribution in [-0.4, -0.2) is 29.7 Å². The van der Waals surface area contributed by atoms with Crippen molar-refractivity contribution >= 4 is 12.0 Å². The van der Waals surface area contributed by atoms with Crippen molar-refractivity contribution in [1.82, 2.24) is 10.6 Å². The van der Waals surface area contributed by atoms with Gasteiger partial charge in [0, 0.05) is 12.6 Å². The predicted octanol–water partition coefficient (Wildman–Crippen LogP) is 1.98. The molecule has 104 valence electrons. The van der Waals surface area contributed by atoms with Gasteiger partial charge in [0.2, 0.25) is 0 Å². The lowest BCUT2D eigenvalue weighted by molar-refractivity contribution is -0.153. The quantitative estimate of drug-likeness (QED) is 0.680. The summed E-state index contributed by atoms with van der Waals surface area (Å²) >= 11 is 0. The number of carbonyl (C=O) groups excluding carboxylic acids is 1. The third-order valence-corrected chi connectivity index (χ3v) is 3.91. The minimum Gasteiger partial charge on any atom is -0.481 e. The monoisotopic (exact) mass is 256 g/mol. The molecule has 1 unspecified atom stereocenters. The van der Waals surface area contributed by atoms with Crippen LogP contribution in [-0.2, 0) is 4.79 Å². The highest BCUT2D eigenvalue weighted by atomic mass is 16.4. The maximum atomic E-state index is 11.7. The summed E-state index contributed by atoms with van der Waals surface area (Å²) in [7, 11) is 0. The normalized spacial score (nSPS) is 18.9. The third-order valence-electron chi connectivity index (χ3n) is 3.91. The van der Waals surface area contributed by atoms with Crippen molar-refractivity contribution in [2.45, 2.75) is 52.5 Å². The van der Waals surface area contributed by atoms with E-state index in [1.54, 1.807) is 0 Å². The summed E-state index contributed by atoms with van der Waals surface area (Å²) in [5.41, 5.74) is -0.725. The van der Waals surface area contributed by atoms with Crippen molar-refractivity contribution in [2.75, 3.05) is 6.54 Å². The molecular weight excluding hydrogens is 232 g/mol. The number of carboxylic acid groups (broad SMARTS) is 1. The fourth-order valence-electron chi connectivity index (χ4n) is 2.28. The van der Waals surface area contributed by atoms with Crippen LogP contribution in [0, 0.1) is 11.3 Å². The Bertz CT molecular complexity index is 311. The minimum atomic E-state index is -0.801. The highest BCUT2D eigenvalue weighted by Crippen LogP contribution is 2.40. The Hall–Kier alpha value is -1.26. The van der Waals surface area contributed by atoms with Gasteiger partial charge >= 0.3 is 12.0 Å². The van der Waals surface area contributed by atoms with Gasteiger partial charge in [-0.25, -0.2) is 4.79 Å². The molecule has 0 spiro atoms. The third kappa shape index (κ3) is 3.37. The van der Waals surface area contributed by atoms with Crippen LogP contribution in [0.1, 0.15) is 46.5 Å². The van der Waals surface area contributed by atoms with Crippen molar-refractivity contribution in [3.63, 3.8) is 0 Å². The molecule has 0 saturated heterocycles. The van der Waals surface area contributed by atoms with Crippen molar-refractivity contribution < 1.29 is 14.7 Å². The fourth-order valence-corrected chi connectivity index (χ4v) is 2.28. The largest absolute Gasteiger partial charge is 0.481 e. The highest BCUT2D eigenvalue weighted by molar-refractivity contribution is 5.79. The van der Waals surface area contributed by atoms with Crippen LogP contribution in [0.5, 0.6) is 0 Å². The van der Waals surface area contributed by atoms with Gasteiger partial charge in [0.05, 0.1) is 5.41 Å². The first-order chi connectivity index (χ1) is 8.41. The molecule has 5 heteroatoms. The Labute approximate surface area is 108 Å². The molecule has 2 amide bonds. The topological polar surface area (TPSA) is 78.4 Å². The fraction of sp³-hybridized carbons (Fsp3) is 0.846. The van der Waals surface area contributed by atoms with Crippen LogP contribution in [0.25, 0.3) is 0 Å². The van der Waals surface area contributed by atoms with E-state index >= 15 is 0 Å². The molecular formula is C13H24N2O3. The van der Waals surface area contributed by atoms with Gasteiger partial charge in [-0.3, -0.25) is 4.79 Å². The van der Waals surface area contributed by atoms with Gasteiger partial charge in [-0.2, -0.15) is 0 Å². The van der Waals surface area contributed by atoms with Crippen molar-refractivity contribution in [3.8, 4) is 0 Å². The maximum absolute atomic E-state index is 11.7. The Balaban J connectivity index is 2.39. The molecule has 0 radical (unpaired) electrons. The minimum absolute atomic E-state index is 0.132. The van der Waals surface area contributed by atoms with Crippen molar-refractivity contribution in [1.29, 1.82) is 0 Å². The molecule has 1 fully saturated rings. The molecule has 0 aromatic heterocycles. The second-order valence-corrected chi connectivity index (χ2v) is 5.52. The first-order valence-electron chi connectivity index (χ1n) is 6.69. The molecule has 1 rings (SSSR count). The average Bonchev–Trinajstić information content (AvgIpc) is 2.23. The van der Waals surface area contributed by atoms with E-state index in [9.17, 15) is 9.59 Å². The SMILES string of the molecule is CCC(NC(=O)NCC1(C(=O)O)CCC1)C(C)C. The second kappa shape index (κ2) is 6.07. The smallest absolute Gasteiger partial charge is 0.315 e. The summed E-state index contributed by atoms with van der Waals surface area (Å²) in [5, 5.41) is 14.7. The van der Waals surface area contributed by atoms with E-state index in [0.29, 0.717) is 18.8 Å². The summed E-state index contributed by atoms with van der Waals surface area (Å²) in [4.78, 5) is 22.8. The Morgan fingerprint density at radius 3 is 2.28 bits per heavy atom. The van der Waals surface area contributed by atoms with E-state index in [0.717, 1.165) is 12.8 Å². The molecule has 1 atom stereocenters. The number of rotatable bonds is 6. The van der Waals surface area contributed by atoms with Gasteiger partial charge in [-0.1, -0.05) is 27.2 Å². The number of hydrogen-bond acceptors (Lipinski definition) is 2. The highest BCUT2D eigenvalue weighted by Gasteiger charge is 2.44. The van der Waals surface area contributed by atoms with Gasteiger partial charge in [0.15, 0.2) is 0 Å². The Morgan fingerprint density at radius 1 is 1.33 bits per heavy atom. The summed E-state index contributed by atoms with van der Waals surface area (Å²) in [5.74, 6) is -0.428. The van der Waals surface area contributed by atoms with Crippen molar-refractivity contribution in [3.05, 3.63) is 0 Å². The molecule has 18 heavy (non-hydrogen) atoms. The van der Waals surface area contributed by atoms with E-state index < -0.39 is 11.4 Å². The predicted molar refractivity (Wildman–Crippen MR) is 69.4 cm³/mol. The molecule has 1 aliphatic rings. The zero-order valence-corrected chi connectivity index (χ0v) is 11.5. The maximum Gasteiger partial charge on any atom is 0.315 e. The lowest BCUT2D eigenvalue weighted by atomic mass is 9.69. The first kappa shape index (κ1) is 14.8. The lowest BCUT2D eigenvalue weighted by Crippen LogP contribution is -2.51. The molecule has 5 nitrogen and oxygen atoms in total. The molecule has 3 N–H and O–H groups in total. The van der Waals surface area contributed by atoms with Gasteiger partial charge < -0.3 is 15.7 Å². The van der Waals surface area contributed by atoms with Crippen LogP contribution in [0.3, 0.4) is 0 Å². The number of carboxylic acids is 1. The van der Waals surface area contributed by atoms with Crippen LogP contribution in [0.4, 0.5) is 4.79 Å². The Kier molecular flexibility index (Phi) is 4.99. The number of amides is 2.